The van der Waals surface area contributed by atoms with Gasteiger partial charge in [0.1, 0.15) is 12.1 Å². The van der Waals surface area contributed by atoms with Crippen LogP contribution in [0.4, 0.5) is 15.9 Å². The van der Waals surface area contributed by atoms with Crippen molar-refractivity contribution in [3.63, 3.8) is 0 Å². The normalized spacial score (nSPS) is 21.2. The number of methoxy groups -OCH3 is 1. The quantitative estimate of drug-likeness (QED) is 0.268. The maximum absolute atomic E-state index is 14.7. The minimum Gasteiger partial charge on any atom is -0.493 e. The van der Waals surface area contributed by atoms with E-state index in [1.165, 1.54) is 38.8 Å². The molecule has 1 aliphatic carbocycles. The lowest BCUT2D eigenvalue weighted by atomic mass is 10.0. The summed E-state index contributed by atoms with van der Waals surface area (Å²) in [5.74, 6) is 3.98. The van der Waals surface area contributed by atoms with Crippen LogP contribution < -0.4 is 14.8 Å². The zero-order chi connectivity index (χ0) is 25.4. The summed E-state index contributed by atoms with van der Waals surface area (Å²) in [4.78, 5) is 11.4. The number of nitrogens with one attached hydrogen (secondary N) is 1. The summed E-state index contributed by atoms with van der Waals surface area (Å²) in [5, 5.41) is 3.74. The maximum Gasteiger partial charge on any atom is 0.166 e. The van der Waals surface area contributed by atoms with Crippen LogP contribution in [0.5, 0.6) is 11.5 Å². The highest BCUT2D eigenvalue weighted by atomic mass is 79.9. The smallest absolute Gasteiger partial charge is 0.166 e. The predicted molar refractivity (Wildman–Crippen MR) is 152 cm³/mol. The molecule has 37 heavy (non-hydrogen) atoms. The van der Waals surface area contributed by atoms with Crippen LogP contribution in [0.25, 0.3) is 10.9 Å². The van der Waals surface area contributed by atoms with E-state index in [1.54, 1.807) is 19.2 Å². The van der Waals surface area contributed by atoms with Gasteiger partial charge in [0, 0.05) is 35.6 Å². The van der Waals surface area contributed by atoms with E-state index in [-0.39, 0.29) is 23.1 Å². The Balaban J connectivity index is 0.00000320. The lowest BCUT2D eigenvalue weighted by molar-refractivity contribution is 0.216. The van der Waals surface area contributed by atoms with Crippen LogP contribution >= 0.6 is 39.9 Å². The number of likely N-dealkylation sites (tertiary alicyclic amines) is 1. The first-order valence-electron chi connectivity index (χ1n) is 12.4. The van der Waals surface area contributed by atoms with Gasteiger partial charge in [0.25, 0.3) is 0 Å². The summed E-state index contributed by atoms with van der Waals surface area (Å²) in [6, 6.07) is 6.99. The molecule has 2 heterocycles. The van der Waals surface area contributed by atoms with Gasteiger partial charge in [-0.05, 0) is 70.6 Å². The van der Waals surface area contributed by atoms with Gasteiger partial charge in [-0.2, -0.15) is 0 Å². The molecule has 1 saturated carbocycles. The van der Waals surface area contributed by atoms with Gasteiger partial charge in [-0.25, -0.2) is 14.4 Å². The van der Waals surface area contributed by atoms with Gasteiger partial charge in [0.2, 0.25) is 0 Å². The van der Waals surface area contributed by atoms with Crippen molar-refractivity contribution in [3.8, 4) is 11.5 Å². The Labute approximate surface area is 236 Å². The number of aromatic nitrogens is 2. The number of anilines is 2. The minimum absolute atomic E-state index is 0. The van der Waals surface area contributed by atoms with Crippen LogP contribution in [-0.2, 0) is 0 Å². The summed E-state index contributed by atoms with van der Waals surface area (Å²) < 4.78 is 27.1. The van der Waals surface area contributed by atoms with Gasteiger partial charge < -0.3 is 19.7 Å². The molecule has 0 amide bonds. The number of rotatable bonds is 8. The van der Waals surface area contributed by atoms with E-state index in [0.717, 1.165) is 17.8 Å². The summed E-state index contributed by atoms with van der Waals surface area (Å²) >= 11 is 9.29. The molecule has 200 valence electrons. The zero-order valence-electron chi connectivity index (χ0n) is 21.1. The van der Waals surface area contributed by atoms with E-state index in [0.29, 0.717) is 45.2 Å². The van der Waals surface area contributed by atoms with Gasteiger partial charge in [-0.15, -0.1) is 12.4 Å². The Bertz CT molecular complexity index is 1250. The molecule has 1 N–H and O–H groups in total. The van der Waals surface area contributed by atoms with E-state index in [1.807, 2.05) is 12.1 Å². The minimum atomic E-state index is -0.557. The number of benzene rings is 2. The second-order valence-corrected chi connectivity index (χ2v) is 11.6. The van der Waals surface area contributed by atoms with Crippen LogP contribution in [0.2, 0.25) is 5.02 Å². The third-order valence-electron chi connectivity index (χ3n) is 7.23. The third kappa shape index (κ3) is 6.08. The molecule has 3 aromatic rings. The van der Waals surface area contributed by atoms with Crippen molar-refractivity contribution in [3.05, 3.63) is 45.9 Å². The highest BCUT2D eigenvalue weighted by molar-refractivity contribution is 9.10. The first-order valence-corrected chi connectivity index (χ1v) is 13.6. The summed E-state index contributed by atoms with van der Waals surface area (Å²) in [5.41, 5.74) is 0.903. The Kier molecular flexibility index (Phi) is 9.04. The van der Waals surface area contributed by atoms with Crippen molar-refractivity contribution in [2.45, 2.75) is 26.7 Å². The van der Waals surface area contributed by atoms with Gasteiger partial charge in [-0.1, -0.05) is 25.4 Å². The zero-order valence-corrected chi connectivity index (χ0v) is 24.3. The highest BCUT2D eigenvalue weighted by Crippen LogP contribution is 2.43. The molecule has 0 radical (unpaired) electrons. The average molecular weight is 614 g/mol. The fourth-order valence-corrected chi connectivity index (χ4v) is 6.19. The molecule has 6 nitrogen and oxygen atoms in total. The molecule has 0 bridgehead atoms. The SMILES string of the molecule is COc1cc2c(Nc3ccc(Br)c(Cl)c3F)ncnc2cc1OC[C@H]1C[C@@H]2CN(CC(C)C)C[C@@H]2C1.Cl. The number of halogens is 4. The van der Waals surface area contributed by atoms with Gasteiger partial charge in [0.05, 0.1) is 29.9 Å². The van der Waals surface area contributed by atoms with Crippen LogP contribution in [0.3, 0.4) is 0 Å². The first-order chi connectivity index (χ1) is 17.3. The number of hydrogen-bond acceptors (Lipinski definition) is 6. The van der Waals surface area contributed by atoms with Crippen molar-refractivity contribution in [2.24, 2.45) is 23.7 Å². The monoisotopic (exact) mass is 612 g/mol. The predicted octanol–water partition coefficient (Wildman–Crippen LogP) is 7.35. The van der Waals surface area contributed by atoms with Crippen molar-refractivity contribution in [1.29, 1.82) is 0 Å². The van der Waals surface area contributed by atoms with E-state index in [2.05, 4.69) is 50.0 Å². The van der Waals surface area contributed by atoms with E-state index >= 15 is 0 Å². The van der Waals surface area contributed by atoms with Crippen LogP contribution in [0.1, 0.15) is 26.7 Å². The second kappa shape index (κ2) is 11.9. The number of hydrogen-bond donors (Lipinski definition) is 1. The van der Waals surface area contributed by atoms with E-state index in [9.17, 15) is 4.39 Å². The lowest BCUT2D eigenvalue weighted by Crippen LogP contribution is -2.27. The Morgan fingerprint density at radius 2 is 1.89 bits per heavy atom. The summed E-state index contributed by atoms with van der Waals surface area (Å²) in [6.45, 7) is 8.88. The highest BCUT2D eigenvalue weighted by Gasteiger charge is 2.41. The largest absolute Gasteiger partial charge is 0.493 e. The number of ether oxygens (including phenoxy) is 2. The molecule has 5 rings (SSSR count). The summed E-state index contributed by atoms with van der Waals surface area (Å²) in [7, 11) is 1.61. The number of nitrogens with zero attached hydrogens (tertiary/aromatic N) is 3. The van der Waals surface area contributed by atoms with Crippen molar-refractivity contribution < 1.29 is 13.9 Å². The fourth-order valence-electron chi connectivity index (χ4n) is 5.72. The Morgan fingerprint density at radius 1 is 1.16 bits per heavy atom. The summed E-state index contributed by atoms with van der Waals surface area (Å²) in [6.07, 6.45) is 3.87. The molecule has 0 spiro atoms. The molecule has 2 fully saturated rings. The van der Waals surface area contributed by atoms with Gasteiger partial charge in [-0.3, -0.25) is 0 Å². The molecule has 2 aliphatic rings. The Morgan fingerprint density at radius 3 is 2.57 bits per heavy atom. The lowest BCUT2D eigenvalue weighted by Gasteiger charge is -2.21. The van der Waals surface area contributed by atoms with Crippen LogP contribution in [-0.4, -0.2) is 48.2 Å². The van der Waals surface area contributed by atoms with Crippen molar-refractivity contribution >= 4 is 62.3 Å². The topological polar surface area (TPSA) is 59.5 Å². The standard InChI is InChI=1S/C27H31BrClFN4O2.ClH/c1-15(2)10-34-11-17-6-16(7-18(17)12-34)13-36-24-9-22-19(8-23(24)35-3)27(32-14-31-22)33-21-5-4-20(28)25(29)26(21)30;/h4-5,8-9,14-18H,6-7,10-13H2,1-3H3,(H,31,32,33);1H/t16-,17+,18-;. The molecule has 1 saturated heterocycles. The number of fused-ring (bicyclic) bond motifs is 2. The molecule has 3 atom stereocenters. The fraction of sp³-hybridized carbons (Fsp3) is 0.481. The molecule has 0 unspecified atom stereocenters. The van der Waals surface area contributed by atoms with E-state index < -0.39 is 5.82 Å². The van der Waals surface area contributed by atoms with Crippen molar-refractivity contribution in [1.82, 2.24) is 14.9 Å². The molecular formula is C27H32BrCl2FN4O2. The maximum atomic E-state index is 14.7. The van der Waals surface area contributed by atoms with Crippen molar-refractivity contribution in [2.75, 3.05) is 38.7 Å². The Hall–Kier alpha value is -1.87. The average Bonchev–Trinajstić information content (AvgIpc) is 3.40. The van der Waals surface area contributed by atoms with Gasteiger partial charge >= 0.3 is 0 Å². The molecule has 1 aliphatic heterocycles. The van der Waals surface area contributed by atoms with Crippen LogP contribution in [0, 0.1) is 29.5 Å². The van der Waals surface area contributed by atoms with Gasteiger partial charge in [0.15, 0.2) is 17.3 Å². The van der Waals surface area contributed by atoms with E-state index in [4.69, 9.17) is 21.1 Å². The molecule has 2 aromatic carbocycles. The molecular weight excluding hydrogens is 582 g/mol. The molecule has 10 heteroatoms. The third-order valence-corrected chi connectivity index (χ3v) is 8.49. The first kappa shape index (κ1) is 28.1. The second-order valence-electron chi connectivity index (χ2n) is 10.4. The van der Waals surface area contributed by atoms with Crippen LogP contribution in [0.15, 0.2) is 35.1 Å². The molecule has 1 aromatic heterocycles.